The van der Waals surface area contributed by atoms with Crippen LogP contribution in [0.2, 0.25) is 0 Å². The van der Waals surface area contributed by atoms with Gasteiger partial charge in [-0.2, -0.15) is 0 Å². The van der Waals surface area contributed by atoms with E-state index < -0.39 is 0 Å². The molecule has 0 spiro atoms. The molecule has 0 aliphatic heterocycles. The van der Waals surface area contributed by atoms with Crippen molar-refractivity contribution in [2.24, 2.45) is 0 Å². The van der Waals surface area contributed by atoms with Crippen LogP contribution in [0.3, 0.4) is 0 Å². The van der Waals surface area contributed by atoms with Crippen molar-refractivity contribution >= 4 is 87.2 Å². The fourth-order valence-electron chi connectivity index (χ4n) is 6.38. The predicted octanol–water partition coefficient (Wildman–Crippen LogP) is 10.2. The third-order valence-electron chi connectivity index (χ3n) is 8.65. The van der Waals surface area contributed by atoms with Gasteiger partial charge in [0.2, 0.25) is 0 Å². The molecule has 8 heteroatoms. The molecule has 11 rings (SSSR count). The Labute approximate surface area is 298 Å². The predicted molar refractivity (Wildman–Crippen MR) is 198 cm³/mol. The van der Waals surface area contributed by atoms with Crippen molar-refractivity contribution in [3.8, 4) is 0 Å². The summed E-state index contributed by atoms with van der Waals surface area (Å²) in [5.74, 6) is 0. The zero-order valence-corrected chi connectivity index (χ0v) is 28.2. The fourth-order valence-corrected chi connectivity index (χ4v) is 6.38. The van der Waals surface area contributed by atoms with Crippen molar-refractivity contribution in [3.63, 3.8) is 0 Å². The second kappa shape index (κ2) is 13.3. The molecule has 0 saturated heterocycles. The number of fused-ring (bicyclic) bond motifs is 13. The van der Waals surface area contributed by atoms with Gasteiger partial charge in [0.25, 0.3) is 0 Å². The molecule has 6 heterocycles. The van der Waals surface area contributed by atoms with Crippen LogP contribution in [0.5, 0.6) is 0 Å². The van der Waals surface area contributed by atoms with Crippen LogP contribution in [0.1, 0.15) is 0 Å². The standard InChI is InChI=1S/C18H10N2O.2C12H8N2.Ru/c1-3-7-13-11(5-1)12-6-2-4-8-14(12)18-17(13)19-15-9-21-10-16(15)20-18;2*1-3-9-5-6-10-4-2-8-14-12(10)11(9)13-7-1;/h1-10H;2*1-8H;/q;;;+2. The maximum Gasteiger partial charge on any atom is 2.00 e. The summed E-state index contributed by atoms with van der Waals surface area (Å²) in [6.07, 6.45) is 10.5. The normalized spacial score (nSPS) is 11.0. The van der Waals surface area contributed by atoms with Gasteiger partial charge in [0.15, 0.2) is 0 Å². The molecule has 0 aliphatic rings. The Kier molecular flexibility index (Phi) is 8.29. The summed E-state index contributed by atoms with van der Waals surface area (Å²) in [5, 5.41) is 9.22. The van der Waals surface area contributed by atoms with Gasteiger partial charge in [0, 0.05) is 57.1 Å². The first kappa shape index (κ1) is 31.1. The number of benzene rings is 5. The summed E-state index contributed by atoms with van der Waals surface area (Å²) >= 11 is 0. The monoisotopic (exact) mass is 732 g/mol. The Morgan fingerprint density at radius 2 is 0.640 bits per heavy atom. The molecular weight excluding hydrogens is 706 g/mol. The third kappa shape index (κ3) is 5.56. The Bertz CT molecular complexity index is 2670. The molecule has 0 aliphatic carbocycles. The van der Waals surface area contributed by atoms with Gasteiger partial charge < -0.3 is 4.42 Å². The summed E-state index contributed by atoms with van der Waals surface area (Å²) in [5.41, 5.74) is 7.36. The molecule has 0 saturated carbocycles. The maximum absolute atomic E-state index is 5.24. The Hall–Kier alpha value is -6.24. The molecule has 11 aromatic rings. The van der Waals surface area contributed by atoms with E-state index in [0.717, 1.165) is 76.5 Å². The van der Waals surface area contributed by atoms with Crippen LogP contribution in [0, 0.1) is 0 Å². The average Bonchev–Trinajstić information content (AvgIpc) is 3.66. The molecule has 7 nitrogen and oxygen atoms in total. The van der Waals surface area contributed by atoms with Crippen LogP contribution in [0.15, 0.2) is 163 Å². The smallest absolute Gasteiger partial charge is 0.468 e. The van der Waals surface area contributed by atoms with E-state index in [4.69, 9.17) is 14.4 Å². The van der Waals surface area contributed by atoms with E-state index >= 15 is 0 Å². The van der Waals surface area contributed by atoms with E-state index in [9.17, 15) is 0 Å². The van der Waals surface area contributed by atoms with Gasteiger partial charge in [-0.1, -0.05) is 97.1 Å². The molecule has 0 fully saturated rings. The van der Waals surface area contributed by atoms with Crippen molar-refractivity contribution in [2.45, 2.75) is 0 Å². The van der Waals surface area contributed by atoms with Crippen LogP contribution in [-0.2, 0) is 19.5 Å². The van der Waals surface area contributed by atoms with Gasteiger partial charge >= 0.3 is 19.5 Å². The molecule has 236 valence electrons. The zero-order chi connectivity index (χ0) is 32.6. The van der Waals surface area contributed by atoms with Crippen molar-refractivity contribution < 1.29 is 23.9 Å². The van der Waals surface area contributed by atoms with Crippen molar-refractivity contribution in [3.05, 3.63) is 159 Å². The molecule has 0 bridgehead atoms. The Balaban J connectivity index is 0.000000111. The minimum Gasteiger partial charge on any atom is -0.468 e. The average molecular weight is 732 g/mol. The minimum absolute atomic E-state index is 0. The van der Waals surface area contributed by atoms with E-state index in [1.54, 1.807) is 37.3 Å². The maximum atomic E-state index is 5.24. The number of pyridine rings is 4. The van der Waals surface area contributed by atoms with E-state index in [0.29, 0.717) is 0 Å². The van der Waals surface area contributed by atoms with Gasteiger partial charge in [-0.15, -0.1) is 0 Å². The molecule has 0 radical (unpaired) electrons. The molecule has 5 aromatic carbocycles. The second-order valence-corrected chi connectivity index (χ2v) is 11.6. The van der Waals surface area contributed by atoms with Crippen LogP contribution in [0.25, 0.3) is 87.2 Å². The van der Waals surface area contributed by atoms with E-state index in [1.165, 1.54) is 10.8 Å². The molecule has 0 atom stereocenters. The van der Waals surface area contributed by atoms with E-state index in [2.05, 4.69) is 105 Å². The fraction of sp³-hybridized carbons (Fsp3) is 0. The van der Waals surface area contributed by atoms with Gasteiger partial charge in [0.05, 0.1) is 33.1 Å². The Morgan fingerprint density at radius 3 is 0.980 bits per heavy atom. The SMILES string of the molecule is [Ru+2].c1ccc2c(c1)c1ccccc1c1nc3cocc3nc21.c1cnc2c(c1)ccc1cccnc12.c1cnc2c(c1)ccc1cccnc12. The van der Waals surface area contributed by atoms with Gasteiger partial charge in [-0.25, -0.2) is 9.97 Å². The molecule has 0 unspecified atom stereocenters. The number of hydrogen-bond donors (Lipinski definition) is 0. The van der Waals surface area contributed by atoms with Gasteiger partial charge in [0.1, 0.15) is 23.6 Å². The first-order valence-electron chi connectivity index (χ1n) is 15.9. The second-order valence-electron chi connectivity index (χ2n) is 11.6. The summed E-state index contributed by atoms with van der Waals surface area (Å²) in [6.45, 7) is 0. The summed E-state index contributed by atoms with van der Waals surface area (Å²) in [7, 11) is 0. The summed E-state index contributed by atoms with van der Waals surface area (Å²) < 4.78 is 5.24. The number of hydrogen-bond acceptors (Lipinski definition) is 7. The van der Waals surface area contributed by atoms with Crippen LogP contribution in [0.4, 0.5) is 0 Å². The number of nitrogens with zero attached hydrogens (tertiary/aromatic N) is 6. The minimum atomic E-state index is 0. The quantitative estimate of drug-likeness (QED) is 0.113. The van der Waals surface area contributed by atoms with Crippen LogP contribution in [-0.4, -0.2) is 29.9 Å². The van der Waals surface area contributed by atoms with Crippen molar-refractivity contribution in [2.75, 3.05) is 0 Å². The molecular formula is C42H26N6ORu+2. The van der Waals surface area contributed by atoms with Gasteiger partial charge in [-0.05, 0) is 35.0 Å². The number of aromatic nitrogens is 6. The summed E-state index contributed by atoms with van der Waals surface area (Å²) in [4.78, 5) is 26.9. The van der Waals surface area contributed by atoms with Gasteiger partial charge in [-0.3, -0.25) is 19.9 Å². The van der Waals surface area contributed by atoms with Crippen LogP contribution < -0.4 is 0 Å². The third-order valence-corrected chi connectivity index (χ3v) is 8.65. The van der Waals surface area contributed by atoms with E-state index in [1.807, 2.05) is 36.4 Å². The Morgan fingerprint density at radius 1 is 0.320 bits per heavy atom. The molecule has 0 N–H and O–H groups in total. The molecule has 50 heavy (non-hydrogen) atoms. The largest absolute Gasteiger partial charge is 2.00 e. The number of furan rings is 1. The van der Waals surface area contributed by atoms with Crippen LogP contribution >= 0.6 is 0 Å². The van der Waals surface area contributed by atoms with Crippen molar-refractivity contribution in [1.29, 1.82) is 0 Å². The number of rotatable bonds is 0. The first-order valence-corrected chi connectivity index (χ1v) is 15.9. The molecule has 0 amide bonds. The van der Waals surface area contributed by atoms with Crippen molar-refractivity contribution in [1.82, 2.24) is 29.9 Å². The zero-order valence-electron chi connectivity index (χ0n) is 26.5. The topological polar surface area (TPSA) is 90.5 Å². The summed E-state index contributed by atoms with van der Waals surface area (Å²) in [6, 6.07) is 41.0. The first-order chi connectivity index (χ1) is 24.3. The van der Waals surface area contributed by atoms with E-state index in [-0.39, 0.29) is 19.5 Å². The molecule has 6 aromatic heterocycles.